The van der Waals surface area contributed by atoms with Gasteiger partial charge in [-0.25, -0.2) is 4.99 Å². The van der Waals surface area contributed by atoms with Gasteiger partial charge in [-0.2, -0.15) is 0 Å². The first-order valence-electron chi connectivity index (χ1n) is 6.97. The Morgan fingerprint density at radius 1 is 1.13 bits per heavy atom. The molecule has 0 spiro atoms. The molecule has 2 N–H and O–H groups in total. The van der Waals surface area contributed by atoms with Gasteiger partial charge in [0.05, 0.1) is 19.9 Å². The lowest BCUT2D eigenvalue weighted by atomic mass is 10.1. The summed E-state index contributed by atoms with van der Waals surface area (Å²) in [4.78, 5) is 4.36. The van der Waals surface area contributed by atoms with E-state index >= 15 is 0 Å². The second-order valence-corrected chi connectivity index (χ2v) is 6.28. The van der Waals surface area contributed by atoms with Crippen LogP contribution in [0, 0.1) is 6.92 Å². The molecule has 0 saturated carbocycles. The molecule has 0 atom stereocenters. The molecule has 0 bridgehead atoms. The monoisotopic (exact) mass is 350 g/mol. The number of rotatable bonds is 5. The minimum atomic E-state index is 0.501. The fourth-order valence-electron chi connectivity index (χ4n) is 2.01. The highest BCUT2D eigenvalue weighted by atomic mass is 35.5. The third-order valence-electron chi connectivity index (χ3n) is 3.28. The Bertz CT molecular complexity index is 702. The van der Waals surface area contributed by atoms with Gasteiger partial charge in [0.1, 0.15) is 0 Å². The molecule has 0 fully saturated rings. The Kier molecular flexibility index (Phi) is 6.19. The quantitative estimate of drug-likeness (QED) is 0.635. The molecular formula is C17H19ClN2O2S. The Morgan fingerprint density at radius 3 is 2.35 bits per heavy atom. The van der Waals surface area contributed by atoms with Gasteiger partial charge in [0.2, 0.25) is 0 Å². The Hall–Kier alpha value is -1.85. The third-order valence-corrected chi connectivity index (χ3v) is 4.38. The number of aryl methyl sites for hydroxylation is 1. The minimum Gasteiger partial charge on any atom is -0.493 e. The number of thioether (sulfide) groups is 1. The molecule has 0 aliphatic rings. The highest BCUT2D eigenvalue weighted by Crippen LogP contribution is 2.32. The molecule has 0 amide bonds. The minimum absolute atomic E-state index is 0.501. The number of ether oxygens (including phenoxy) is 2. The summed E-state index contributed by atoms with van der Waals surface area (Å²) in [6.45, 7) is 2.03. The van der Waals surface area contributed by atoms with Crippen LogP contribution in [-0.2, 0) is 5.75 Å². The third kappa shape index (κ3) is 4.81. The lowest BCUT2D eigenvalue weighted by Crippen LogP contribution is -2.06. The number of nitrogens with two attached hydrogens (primary N) is 1. The van der Waals surface area contributed by atoms with E-state index in [0.717, 1.165) is 22.6 Å². The van der Waals surface area contributed by atoms with E-state index in [1.54, 1.807) is 26.4 Å². The molecule has 0 heterocycles. The van der Waals surface area contributed by atoms with E-state index in [1.807, 2.05) is 31.2 Å². The lowest BCUT2D eigenvalue weighted by molar-refractivity contribution is 0.354. The van der Waals surface area contributed by atoms with Crippen molar-refractivity contribution in [1.29, 1.82) is 0 Å². The molecule has 0 radical (unpaired) electrons. The highest BCUT2D eigenvalue weighted by Gasteiger charge is 2.09. The summed E-state index contributed by atoms with van der Waals surface area (Å²) in [6, 6.07) is 11.2. The van der Waals surface area contributed by atoms with E-state index in [9.17, 15) is 0 Å². The standard InChI is InChI=1S/C17H19ClN2O2S/c1-11-8-15(21-2)16(22-3)9-12(11)10-23-17(19)20-14-6-4-13(18)5-7-14/h4-9H,10H2,1-3H3,(H2,19,20). The van der Waals surface area contributed by atoms with Gasteiger partial charge in [-0.1, -0.05) is 23.4 Å². The molecule has 0 aliphatic heterocycles. The van der Waals surface area contributed by atoms with Crippen LogP contribution < -0.4 is 15.2 Å². The van der Waals surface area contributed by atoms with Crippen molar-refractivity contribution in [1.82, 2.24) is 0 Å². The zero-order valence-electron chi connectivity index (χ0n) is 13.3. The van der Waals surface area contributed by atoms with Crippen molar-refractivity contribution in [3.63, 3.8) is 0 Å². The van der Waals surface area contributed by atoms with Crippen LogP contribution in [0.2, 0.25) is 5.02 Å². The molecule has 0 unspecified atom stereocenters. The van der Waals surface area contributed by atoms with Crippen LogP contribution in [0.1, 0.15) is 11.1 Å². The molecule has 2 aromatic carbocycles. The SMILES string of the molecule is COc1cc(C)c(CSC(N)=Nc2ccc(Cl)cc2)cc1OC. The van der Waals surface area contributed by atoms with Crippen molar-refractivity contribution in [2.45, 2.75) is 12.7 Å². The van der Waals surface area contributed by atoms with Crippen LogP contribution in [0.25, 0.3) is 0 Å². The number of amidine groups is 1. The van der Waals surface area contributed by atoms with Gasteiger partial charge in [-0.05, 0) is 54.4 Å². The van der Waals surface area contributed by atoms with Gasteiger partial charge < -0.3 is 15.2 Å². The summed E-state index contributed by atoms with van der Waals surface area (Å²) in [5.74, 6) is 2.14. The largest absolute Gasteiger partial charge is 0.493 e. The average molecular weight is 351 g/mol. The number of nitrogens with zero attached hydrogens (tertiary/aromatic N) is 1. The molecule has 122 valence electrons. The maximum Gasteiger partial charge on any atom is 0.161 e. The molecule has 0 aromatic heterocycles. The summed E-state index contributed by atoms with van der Waals surface area (Å²) < 4.78 is 10.6. The number of halogens is 1. The maximum atomic E-state index is 5.99. The topological polar surface area (TPSA) is 56.8 Å². The Balaban J connectivity index is 2.09. The van der Waals surface area contributed by atoms with E-state index < -0.39 is 0 Å². The summed E-state index contributed by atoms with van der Waals surface area (Å²) in [7, 11) is 3.25. The first kappa shape index (κ1) is 17.5. The summed E-state index contributed by atoms with van der Waals surface area (Å²) in [5, 5.41) is 1.18. The molecule has 23 heavy (non-hydrogen) atoms. The predicted octanol–water partition coefficient (Wildman–Crippen LogP) is 4.55. The first-order chi connectivity index (χ1) is 11.0. The van der Waals surface area contributed by atoms with Crippen LogP contribution in [0.5, 0.6) is 11.5 Å². The zero-order valence-corrected chi connectivity index (χ0v) is 14.9. The zero-order chi connectivity index (χ0) is 16.8. The lowest BCUT2D eigenvalue weighted by Gasteiger charge is -2.12. The van der Waals surface area contributed by atoms with Crippen LogP contribution in [0.3, 0.4) is 0 Å². The normalized spacial score (nSPS) is 11.4. The molecule has 0 aliphatic carbocycles. The van der Waals surface area contributed by atoms with Crippen molar-refractivity contribution in [3.8, 4) is 11.5 Å². The summed E-state index contributed by atoms with van der Waals surface area (Å²) in [6.07, 6.45) is 0. The van der Waals surface area contributed by atoms with Crippen LogP contribution in [0.4, 0.5) is 5.69 Å². The number of aliphatic imine (C=N–C) groups is 1. The molecule has 4 nitrogen and oxygen atoms in total. The smallest absolute Gasteiger partial charge is 0.161 e. The van der Waals surface area contributed by atoms with Gasteiger partial charge in [0, 0.05) is 10.8 Å². The fraction of sp³-hybridized carbons (Fsp3) is 0.235. The van der Waals surface area contributed by atoms with Gasteiger partial charge in [-0.3, -0.25) is 0 Å². The van der Waals surface area contributed by atoms with Crippen molar-refractivity contribution < 1.29 is 9.47 Å². The second-order valence-electron chi connectivity index (χ2n) is 4.85. The highest BCUT2D eigenvalue weighted by molar-refractivity contribution is 8.13. The number of methoxy groups -OCH3 is 2. The number of hydrogen-bond acceptors (Lipinski definition) is 4. The van der Waals surface area contributed by atoms with Crippen LogP contribution in [-0.4, -0.2) is 19.4 Å². The van der Waals surface area contributed by atoms with Gasteiger partial charge in [0.25, 0.3) is 0 Å². The van der Waals surface area contributed by atoms with Gasteiger partial charge >= 0.3 is 0 Å². The van der Waals surface area contributed by atoms with Gasteiger partial charge in [0.15, 0.2) is 16.7 Å². The fourth-order valence-corrected chi connectivity index (χ4v) is 2.92. The maximum absolute atomic E-state index is 5.99. The molecule has 6 heteroatoms. The Morgan fingerprint density at radius 2 is 1.74 bits per heavy atom. The molecule has 0 saturated heterocycles. The van der Waals surface area contributed by atoms with E-state index in [4.69, 9.17) is 26.8 Å². The van der Waals surface area contributed by atoms with Crippen molar-refractivity contribution in [3.05, 3.63) is 52.5 Å². The van der Waals surface area contributed by atoms with Crippen molar-refractivity contribution >= 4 is 34.2 Å². The molecular weight excluding hydrogens is 332 g/mol. The molecule has 2 rings (SSSR count). The summed E-state index contributed by atoms with van der Waals surface area (Å²) in [5.41, 5.74) is 9.02. The first-order valence-corrected chi connectivity index (χ1v) is 8.34. The van der Waals surface area contributed by atoms with E-state index in [1.165, 1.54) is 11.8 Å². The number of benzene rings is 2. The second kappa shape index (κ2) is 8.13. The summed E-state index contributed by atoms with van der Waals surface area (Å²) >= 11 is 7.33. The Labute approximate surface area is 145 Å². The van der Waals surface area contributed by atoms with Crippen LogP contribution >= 0.6 is 23.4 Å². The van der Waals surface area contributed by atoms with Crippen molar-refractivity contribution in [2.75, 3.05) is 14.2 Å². The van der Waals surface area contributed by atoms with Crippen molar-refractivity contribution in [2.24, 2.45) is 10.7 Å². The number of hydrogen-bond donors (Lipinski definition) is 1. The van der Waals surface area contributed by atoms with E-state index in [-0.39, 0.29) is 0 Å². The predicted molar refractivity (Wildman–Crippen MR) is 98.3 cm³/mol. The average Bonchev–Trinajstić information content (AvgIpc) is 2.55. The van der Waals surface area contributed by atoms with Crippen LogP contribution in [0.15, 0.2) is 41.4 Å². The molecule has 2 aromatic rings. The van der Waals surface area contributed by atoms with Gasteiger partial charge in [-0.15, -0.1) is 0 Å². The van der Waals surface area contributed by atoms with E-state index in [2.05, 4.69) is 4.99 Å². The van der Waals surface area contributed by atoms with E-state index in [0.29, 0.717) is 21.7 Å².